The molecule has 1 aliphatic rings. The number of nitrogens with two attached hydrogens (primary N) is 1. The van der Waals surface area contributed by atoms with Crippen molar-refractivity contribution in [1.29, 1.82) is 0 Å². The molecule has 4 rings (SSSR count). The highest BCUT2D eigenvalue weighted by atomic mass is 32.1. The zero-order valence-electron chi connectivity index (χ0n) is 17.3. The molecule has 0 spiro atoms. The number of rotatable bonds is 8. The number of carbonyl (C=O) groups is 1. The lowest BCUT2D eigenvalue weighted by Gasteiger charge is -2.23. The van der Waals surface area contributed by atoms with E-state index in [4.69, 9.17) is 10.5 Å². The van der Waals surface area contributed by atoms with Crippen LogP contribution in [0.25, 0.3) is 0 Å². The van der Waals surface area contributed by atoms with Crippen LogP contribution in [0.3, 0.4) is 0 Å². The number of nitrogens with zero attached hydrogens (tertiary/aromatic N) is 2. The maximum absolute atomic E-state index is 13.4. The van der Waals surface area contributed by atoms with Gasteiger partial charge in [-0.2, -0.15) is 0 Å². The molecule has 0 bridgehead atoms. The number of hydrogen-bond donors (Lipinski definition) is 2. The number of nitrogen functional groups attached to an aromatic ring is 1. The Morgan fingerprint density at radius 3 is 2.71 bits per heavy atom. The van der Waals surface area contributed by atoms with E-state index < -0.39 is 5.82 Å². The van der Waals surface area contributed by atoms with Crippen molar-refractivity contribution in [3.8, 4) is 5.75 Å². The van der Waals surface area contributed by atoms with Crippen molar-refractivity contribution < 1.29 is 13.9 Å². The molecule has 1 aliphatic heterocycles. The summed E-state index contributed by atoms with van der Waals surface area (Å²) in [5.41, 5.74) is 6.98. The Labute approximate surface area is 184 Å². The maximum atomic E-state index is 13.4. The number of aromatic nitrogens is 1. The lowest BCUT2D eigenvalue weighted by atomic mass is 10.1. The van der Waals surface area contributed by atoms with Gasteiger partial charge in [0.2, 0.25) is 5.78 Å². The number of anilines is 3. The van der Waals surface area contributed by atoms with Gasteiger partial charge in [-0.05, 0) is 69.3 Å². The minimum Gasteiger partial charge on any atom is -0.492 e. The smallest absolute Gasteiger partial charge is 0.206 e. The summed E-state index contributed by atoms with van der Waals surface area (Å²) in [5, 5.41) is 3.65. The number of halogens is 1. The number of ketones is 1. The number of benzene rings is 2. The molecule has 3 N–H and O–H groups in total. The predicted octanol–water partition coefficient (Wildman–Crippen LogP) is 4.70. The summed E-state index contributed by atoms with van der Waals surface area (Å²) in [4.78, 5) is 19.6. The first-order valence-electron chi connectivity index (χ1n) is 10.3. The van der Waals surface area contributed by atoms with E-state index in [0.29, 0.717) is 17.8 Å². The zero-order valence-corrected chi connectivity index (χ0v) is 18.1. The summed E-state index contributed by atoms with van der Waals surface area (Å²) in [6.07, 6.45) is 2.53. The molecule has 0 radical (unpaired) electrons. The third-order valence-electron chi connectivity index (χ3n) is 5.31. The molecule has 6 nitrogen and oxygen atoms in total. The topological polar surface area (TPSA) is 80.5 Å². The largest absolute Gasteiger partial charge is 0.492 e. The van der Waals surface area contributed by atoms with Crippen LogP contribution in [0, 0.1) is 5.82 Å². The van der Waals surface area contributed by atoms with Crippen LogP contribution in [-0.2, 0) is 0 Å². The van der Waals surface area contributed by atoms with Gasteiger partial charge in [0.1, 0.15) is 28.9 Å². The fraction of sp³-hybridized carbons (Fsp3) is 0.304. The molecule has 2 aromatic carbocycles. The first kappa shape index (κ1) is 21.3. The number of hydrogen-bond acceptors (Lipinski definition) is 7. The molecule has 0 saturated carbocycles. The third-order valence-corrected chi connectivity index (χ3v) is 6.29. The first-order valence-corrected chi connectivity index (χ1v) is 11.1. The minimum absolute atomic E-state index is 0.123. The van der Waals surface area contributed by atoms with Crippen LogP contribution in [0.15, 0.2) is 48.5 Å². The second-order valence-corrected chi connectivity index (χ2v) is 8.62. The molecule has 3 aromatic rings. The van der Waals surface area contributed by atoms with Crippen LogP contribution in [-0.4, -0.2) is 41.4 Å². The first-order chi connectivity index (χ1) is 15.0. The van der Waals surface area contributed by atoms with Crippen molar-refractivity contribution in [1.82, 2.24) is 9.88 Å². The maximum Gasteiger partial charge on any atom is 0.206 e. The van der Waals surface area contributed by atoms with E-state index in [0.717, 1.165) is 35.9 Å². The van der Waals surface area contributed by atoms with Gasteiger partial charge in [-0.1, -0.05) is 23.5 Å². The SMILES string of the molecule is C[C@H](COc1ccc(Nc2nc(N)c(C(=O)c3cccc(F)c3)s2)cc1)N1CCCC1. The summed E-state index contributed by atoms with van der Waals surface area (Å²) < 4.78 is 19.3. The standard InChI is InChI=1S/C23H25FN4O2S/c1-15(28-11-2-3-12-28)14-30-19-9-7-18(8-10-19)26-23-27-22(25)21(31-23)20(29)16-5-4-6-17(24)13-16/h4-10,13,15H,2-3,11-12,14,25H2,1H3,(H,26,27)/t15-/m1/s1. The highest BCUT2D eigenvalue weighted by molar-refractivity contribution is 7.18. The van der Waals surface area contributed by atoms with Gasteiger partial charge in [-0.25, -0.2) is 9.37 Å². The lowest BCUT2D eigenvalue weighted by molar-refractivity contribution is 0.104. The van der Waals surface area contributed by atoms with E-state index in [-0.39, 0.29) is 22.0 Å². The van der Waals surface area contributed by atoms with Gasteiger partial charge in [0.25, 0.3) is 0 Å². The predicted molar refractivity (Wildman–Crippen MR) is 122 cm³/mol. The summed E-state index contributed by atoms with van der Waals surface area (Å²) in [7, 11) is 0. The van der Waals surface area contributed by atoms with Crippen molar-refractivity contribution >= 4 is 33.8 Å². The normalized spacial score (nSPS) is 15.0. The fourth-order valence-corrected chi connectivity index (χ4v) is 4.44. The molecule has 1 fully saturated rings. The molecular formula is C23H25FN4O2S. The summed E-state index contributed by atoms with van der Waals surface area (Å²) in [5.74, 6) is 0.109. The van der Waals surface area contributed by atoms with Gasteiger partial charge in [0.05, 0.1) is 0 Å². The Bertz CT molecular complexity index is 1050. The van der Waals surface area contributed by atoms with Crippen LogP contribution in [0.2, 0.25) is 0 Å². The number of carbonyl (C=O) groups excluding carboxylic acids is 1. The van der Waals surface area contributed by atoms with Gasteiger partial charge in [-0.15, -0.1) is 0 Å². The summed E-state index contributed by atoms with van der Waals surface area (Å²) >= 11 is 1.14. The molecule has 31 heavy (non-hydrogen) atoms. The molecule has 0 amide bonds. The van der Waals surface area contributed by atoms with Gasteiger partial charge >= 0.3 is 0 Å². The molecule has 1 aromatic heterocycles. The molecule has 0 aliphatic carbocycles. The highest BCUT2D eigenvalue weighted by Crippen LogP contribution is 2.30. The van der Waals surface area contributed by atoms with Crippen LogP contribution in [0.5, 0.6) is 5.75 Å². The van der Waals surface area contributed by atoms with E-state index >= 15 is 0 Å². The Balaban J connectivity index is 1.37. The van der Waals surface area contributed by atoms with Gasteiger partial charge in [-0.3, -0.25) is 9.69 Å². The Kier molecular flexibility index (Phi) is 6.48. The average Bonchev–Trinajstić information content (AvgIpc) is 3.43. The Morgan fingerprint density at radius 1 is 1.26 bits per heavy atom. The highest BCUT2D eigenvalue weighted by Gasteiger charge is 2.19. The summed E-state index contributed by atoms with van der Waals surface area (Å²) in [6, 6.07) is 13.5. The summed E-state index contributed by atoms with van der Waals surface area (Å²) in [6.45, 7) is 5.14. The molecule has 1 saturated heterocycles. The molecule has 8 heteroatoms. The minimum atomic E-state index is -0.468. The van der Waals surface area contributed by atoms with Crippen molar-refractivity contribution in [3.05, 3.63) is 64.8 Å². The van der Waals surface area contributed by atoms with Crippen molar-refractivity contribution in [2.45, 2.75) is 25.8 Å². The van der Waals surface area contributed by atoms with Gasteiger partial charge < -0.3 is 15.8 Å². The molecular weight excluding hydrogens is 415 g/mol. The molecule has 162 valence electrons. The zero-order chi connectivity index (χ0) is 21.8. The second-order valence-electron chi connectivity index (χ2n) is 7.63. The average molecular weight is 441 g/mol. The molecule has 0 unspecified atom stereocenters. The van der Waals surface area contributed by atoms with Crippen LogP contribution in [0.4, 0.5) is 21.0 Å². The van der Waals surface area contributed by atoms with E-state index in [1.54, 1.807) is 6.07 Å². The van der Waals surface area contributed by atoms with Crippen molar-refractivity contribution in [2.75, 3.05) is 30.7 Å². The molecule has 2 heterocycles. The van der Waals surface area contributed by atoms with E-state index in [2.05, 4.69) is 22.1 Å². The fourth-order valence-electron chi connectivity index (χ4n) is 3.57. The van der Waals surface area contributed by atoms with Gasteiger partial charge in [0.15, 0.2) is 5.13 Å². The number of thiazole rings is 1. The Hall–Kier alpha value is -2.97. The van der Waals surface area contributed by atoms with E-state index in [1.807, 2.05) is 24.3 Å². The van der Waals surface area contributed by atoms with E-state index in [9.17, 15) is 9.18 Å². The van der Waals surface area contributed by atoms with Crippen LogP contribution >= 0.6 is 11.3 Å². The van der Waals surface area contributed by atoms with Gasteiger partial charge in [0, 0.05) is 17.3 Å². The van der Waals surface area contributed by atoms with E-state index in [1.165, 1.54) is 31.0 Å². The lowest BCUT2D eigenvalue weighted by Crippen LogP contribution is -2.34. The third kappa shape index (κ3) is 5.21. The quantitative estimate of drug-likeness (QED) is 0.494. The number of nitrogens with one attached hydrogen (secondary N) is 1. The number of likely N-dealkylation sites (tertiary alicyclic amines) is 1. The van der Waals surface area contributed by atoms with Crippen LogP contribution < -0.4 is 15.8 Å². The second kappa shape index (κ2) is 9.45. The number of ether oxygens (including phenoxy) is 1. The van der Waals surface area contributed by atoms with Crippen molar-refractivity contribution in [3.63, 3.8) is 0 Å². The molecule has 1 atom stereocenters. The monoisotopic (exact) mass is 440 g/mol. The van der Waals surface area contributed by atoms with Crippen LogP contribution in [0.1, 0.15) is 35.0 Å². The van der Waals surface area contributed by atoms with Crippen molar-refractivity contribution in [2.24, 2.45) is 0 Å². The Morgan fingerprint density at radius 2 is 2.00 bits per heavy atom.